The topological polar surface area (TPSA) is 52.1 Å². The van der Waals surface area contributed by atoms with Crippen LogP contribution in [0.4, 0.5) is 0 Å². The summed E-state index contributed by atoms with van der Waals surface area (Å²) >= 11 is 0. The zero-order valence-corrected chi connectivity index (χ0v) is 17.3. The minimum Gasteiger partial charge on any atom is -0.494 e. The van der Waals surface area contributed by atoms with Gasteiger partial charge in [-0.1, -0.05) is 25.1 Å². The van der Waals surface area contributed by atoms with Crippen LogP contribution in [0.5, 0.6) is 5.75 Å². The fourth-order valence-electron chi connectivity index (χ4n) is 3.34. The van der Waals surface area contributed by atoms with E-state index in [1.165, 1.54) is 45.7 Å². The maximum Gasteiger partial charge on any atom is 0.191 e. The summed E-state index contributed by atoms with van der Waals surface area (Å²) in [5.41, 5.74) is 1.15. The molecule has 0 amide bonds. The van der Waals surface area contributed by atoms with E-state index in [1.54, 1.807) is 0 Å². The van der Waals surface area contributed by atoms with Crippen molar-refractivity contribution in [1.82, 2.24) is 20.4 Å². The normalized spacial score (nSPS) is 16.3. The molecule has 2 N–H and O–H groups in total. The average molecular weight is 376 g/mol. The number of unbranched alkanes of at least 4 members (excludes halogenated alkanes) is 1. The van der Waals surface area contributed by atoms with Crippen molar-refractivity contribution in [2.75, 3.05) is 59.5 Å². The lowest BCUT2D eigenvalue weighted by molar-refractivity contribution is 0.136. The molecule has 152 valence electrons. The predicted molar refractivity (Wildman–Crippen MR) is 114 cm³/mol. The van der Waals surface area contributed by atoms with Gasteiger partial charge in [-0.3, -0.25) is 4.99 Å². The van der Waals surface area contributed by atoms with E-state index in [4.69, 9.17) is 4.74 Å². The monoisotopic (exact) mass is 375 g/mol. The lowest BCUT2D eigenvalue weighted by Gasteiger charge is -2.34. The van der Waals surface area contributed by atoms with Gasteiger partial charge in [0.15, 0.2) is 5.96 Å². The number of para-hydroxylation sites is 1. The Bertz CT molecular complexity index is 555. The van der Waals surface area contributed by atoms with Crippen molar-refractivity contribution in [3.63, 3.8) is 0 Å². The second-order valence-electron chi connectivity index (χ2n) is 6.88. The number of guanidine groups is 1. The van der Waals surface area contributed by atoms with Crippen molar-refractivity contribution in [1.29, 1.82) is 0 Å². The molecule has 1 fully saturated rings. The third-order valence-electron chi connectivity index (χ3n) is 5.05. The van der Waals surface area contributed by atoms with Crippen LogP contribution in [-0.2, 0) is 6.54 Å². The molecule has 1 aromatic carbocycles. The standard InChI is InChI=1S/C21H37N5O/c1-4-25-14-16-26(17-15-25)13-9-8-12-23-21(22-3)24-18-19-10-6-7-11-20(19)27-5-2/h6-7,10-11H,4-5,8-9,12-18H2,1-3H3,(H2,22,23,24). The molecule has 0 saturated carbocycles. The SMILES string of the molecule is CCOc1ccccc1CNC(=NC)NCCCCN1CCN(CC)CC1. The summed E-state index contributed by atoms with van der Waals surface area (Å²) in [5, 5.41) is 6.80. The number of nitrogens with one attached hydrogen (secondary N) is 2. The summed E-state index contributed by atoms with van der Waals surface area (Å²) in [7, 11) is 1.82. The molecule has 0 spiro atoms. The molecule has 1 aliphatic rings. The van der Waals surface area contributed by atoms with E-state index < -0.39 is 0 Å². The Hall–Kier alpha value is -1.79. The van der Waals surface area contributed by atoms with Gasteiger partial charge in [0.1, 0.15) is 5.75 Å². The molecule has 0 atom stereocenters. The van der Waals surface area contributed by atoms with E-state index in [0.717, 1.165) is 30.2 Å². The van der Waals surface area contributed by atoms with Crippen LogP contribution in [0.25, 0.3) is 0 Å². The van der Waals surface area contributed by atoms with Crippen LogP contribution in [0.1, 0.15) is 32.3 Å². The first-order valence-corrected chi connectivity index (χ1v) is 10.4. The Morgan fingerprint density at radius 3 is 2.48 bits per heavy atom. The summed E-state index contributed by atoms with van der Waals surface area (Å²) in [6.07, 6.45) is 2.38. The van der Waals surface area contributed by atoms with Crippen molar-refractivity contribution in [3.8, 4) is 5.75 Å². The highest BCUT2D eigenvalue weighted by Gasteiger charge is 2.14. The number of hydrogen-bond donors (Lipinski definition) is 2. The molecular weight excluding hydrogens is 338 g/mol. The molecule has 1 aliphatic heterocycles. The van der Waals surface area contributed by atoms with Gasteiger partial charge in [0.25, 0.3) is 0 Å². The van der Waals surface area contributed by atoms with E-state index in [-0.39, 0.29) is 0 Å². The lowest BCUT2D eigenvalue weighted by atomic mass is 10.2. The van der Waals surface area contributed by atoms with Crippen LogP contribution in [0, 0.1) is 0 Å². The second kappa shape index (κ2) is 12.6. The van der Waals surface area contributed by atoms with E-state index in [2.05, 4.69) is 38.4 Å². The maximum atomic E-state index is 5.68. The molecule has 0 unspecified atom stereocenters. The zero-order valence-electron chi connectivity index (χ0n) is 17.3. The van der Waals surface area contributed by atoms with Crippen LogP contribution in [0.3, 0.4) is 0 Å². The number of ether oxygens (including phenoxy) is 1. The molecule has 2 rings (SSSR count). The van der Waals surface area contributed by atoms with Crippen LogP contribution in [0.15, 0.2) is 29.3 Å². The highest BCUT2D eigenvalue weighted by Crippen LogP contribution is 2.17. The van der Waals surface area contributed by atoms with Crippen LogP contribution < -0.4 is 15.4 Å². The molecule has 6 nitrogen and oxygen atoms in total. The van der Waals surface area contributed by atoms with E-state index in [9.17, 15) is 0 Å². The van der Waals surface area contributed by atoms with Crippen molar-refractivity contribution in [2.24, 2.45) is 4.99 Å². The summed E-state index contributed by atoms with van der Waals surface area (Å²) < 4.78 is 5.68. The molecule has 1 heterocycles. The minimum atomic E-state index is 0.678. The first kappa shape index (κ1) is 21.5. The number of nitrogens with zero attached hydrogens (tertiary/aromatic N) is 3. The quantitative estimate of drug-likeness (QED) is 0.373. The number of piperazine rings is 1. The Morgan fingerprint density at radius 2 is 1.78 bits per heavy atom. The first-order valence-electron chi connectivity index (χ1n) is 10.4. The van der Waals surface area contributed by atoms with Gasteiger partial charge in [-0.15, -0.1) is 0 Å². The minimum absolute atomic E-state index is 0.678. The summed E-state index contributed by atoms with van der Waals surface area (Å²) in [5.74, 6) is 1.78. The second-order valence-corrected chi connectivity index (χ2v) is 6.88. The van der Waals surface area contributed by atoms with Gasteiger partial charge < -0.3 is 25.2 Å². The highest BCUT2D eigenvalue weighted by molar-refractivity contribution is 5.79. The number of rotatable bonds is 10. The Kier molecular flexibility index (Phi) is 10.0. The molecule has 1 aromatic rings. The van der Waals surface area contributed by atoms with Gasteiger partial charge in [-0.25, -0.2) is 0 Å². The predicted octanol–water partition coefficient (Wildman–Crippen LogP) is 2.17. The molecule has 0 aromatic heterocycles. The molecule has 27 heavy (non-hydrogen) atoms. The Morgan fingerprint density at radius 1 is 1.04 bits per heavy atom. The third kappa shape index (κ3) is 7.77. The average Bonchev–Trinajstić information content (AvgIpc) is 2.71. The van der Waals surface area contributed by atoms with E-state index in [1.807, 2.05) is 32.2 Å². The van der Waals surface area contributed by atoms with Crippen LogP contribution in [-0.4, -0.2) is 75.2 Å². The fraction of sp³-hybridized carbons (Fsp3) is 0.667. The largest absolute Gasteiger partial charge is 0.494 e. The van der Waals surface area contributed by atoms with Crippen molar-refractivity contribution < 1.29 is 4.74 Å². The number of hydrogen-bond acceptors (Lipinski definition) is 4. The smallest absolute Gasteiger partial charge is 0.191 e. The van der Waals surface area contributed by atoms with Crippen molar-refractivity contribution in [3.05, 3.63) is 29.8 Å². The van der Waals surface area contributed by atoms with Crippen molar-refractivity contribution in [2.45, 2.75) is 33.2 Å². The summed E-state index contributed by atoms with van der Waals surface area (Å²) in [6.45, 7) is 13.8. The van der Waals surface area contributed by atoms with Crippen LogP contribution >= 0.6 is 0 Å². The van der Waals surface area contributed by atoms with Gasteiger partial charge >= 0.3 is 0 Å². The number of likely N-dealkylation sites (N-methyl/N-ethyl adjacent to an activating group) is 1. The summed E-state index contributed by atoms with van der Waals surface area (Å²) in [4.78, 5) is 9.43. The van der Waals surface area contributed by atoms with Gasteiger partial charge in [-0.2, -0.15) is 0 Å². The molecule has 1 saturated heterocycles. The van der Waals surface area contributed by atoms with E-state index >= 15 is 0 Å². The summed E-state index contributed by atoms with van der Waals surface area (Å²) in [6, 6.07) is 8.14. The van der Waals surface area contributed by atoms with E-state index in [0.29, 0.717) is 13.2 Å². The third-order valence-corrected chi connectivity index (χ3v) is 5.05. The number of benzene rings is 1. The molecular formula is C21H37N5O. The van der Waals surface area contributed by atoms with Gasteiger partial charge in [-0.05, 0) is 38.9 Å². The highest BCUT2D eigenvalue weighted by atomic mass is 16.5. The molecule has 0 radical (unpaired) electrons. The Labute approximate surface area is 165 Å². The fourth-order valence-corrected chi connectivity index (χ4v) is 3.34. The molecule has 6 heteroatoms. The zero-order chi connectivity index (χ0) is 19.3. The molecule has 0 aliphatic carbocycles. The Balaban J connectivity index is 1.61. The van der Waals surface area contributed by atoms with Gasteiger partial charge in [0.05, 0.1) is 6.61 Å². The maximum absolute atomic E-state index is 5.68. The lowest BCUT2D eigenvalue weighted by Crippen LogP contribution is -2.46. The number of aliphatic imine (C=N–C) groups is 1. The first-order chi connectivity index (χ1) is 13.3. The van der Waals surface area contributed by atoms with Gasteiger partial charge in [0.2, 0.25) is 0 Å². The van der Waals surface area contributed by atoms with Gasteiger partial charge in [0, 0.05) is 51.9 Å². The van der Waals surface area contributed by atoms with Crippen molar-refractivity contribution >= 4 is 5.96 Å². The molecule has 0 bridgehead atoms. The van der Waals surface area contributed by atoms with Crippen LogP contribution in [0.2, 0.25) is 0 Å².